The zero-order valence-corrected chi connectivity index (χ0v) is 12.0. The van der Waals surface area contributed by atoms with E-state index in [0.717, 1.165) is 24.2 Å². The summed E-state index contributed by atoms with van der Waals surface area (Å²) in [5.74, 6) is 0.134. The van der Waals surface area contributed by atoms with Gasteiger partial charge in [-0.05, 0) is 37.6 Å². The smallest absolute Gasteiger partial charge is 0.229 e. The van der Waals surface area contributed by atoms with Gasteiger partial charge in [0.1, 0.15) is 12.7 Å². The molecule has 2 atom stereocenters. The predicted octanol–water partition coefficient (Wildman–Crippen LogP) is 1.26. The number of nitrogens with one attached hydrogen (secondary N) is 2. The molecule has 21 heavy (non-hydrogen) atoms. The van der Waals surface area contributed by atoms with E-state index in [4.69, 9.17) is 0 Å². The minimum atomic E-state index is 0.0453. The van der Waals surface area contributed by atoms with Crippen LogP contribution in [0.5, 0.6) is 0 Å². The van der Waals surface area contributed by atoms with Gasteiger partial charge in [0.05, 0.1) is 12.5 Å². The van der Waals surface area contributed by atoms with Crippen LogP contribution < -0.4 is 10.6 Å². The van der Waals surface area contributed by atoms with Crippen LogP contribution in [0.3, 0.4) is 0 Å². The summed E-state index contributed by atoms with van der Waals surface area (Å²) in [5, 5.41) is 10.4. The second kappa shape index (κ2) is 6.05. The van der Waals surface area contributed by atoms with Crippen LogP contribution in [0.25, 0.3) is 0 Å². The van der Waals surface area contributed by atoms with Gasteiger partial charge < -0.3 is 10.6 Å². The van der Waals surface area contributed by atoms with Gasteiger partial charge in [0, 0.05) is 11.7 Å². The van der Waals surface area contributed by atoms with E-state index in [1.165, 1.54) is 6.33 Å². The number of hydrogen-bond donors (Lipinski definition) is 2. The van der Waals surface area contributed by atoms with Crippen molar-refractivity contribution < 1.29 is 4.79 Å². The Hall–Kier alpha value is -2.21. The molecule has 0 aliphatic carbocycles. The first-order valence-electron chi connectivity index (χ1n) is 7.18. The van der Waals surface area contributed by atoms with E-state index < -0.39 is 0 Å². The molecule has 0 radical (unpaired) electrons. The second-order valence-electron chi connectivity index (χ2n) is 5.42. The minimum Gasteiger partial charge on any atom is -0.326 e. The van der Waals surface area contributed by atoms with Gasteiger partial charge in [0.15, 0.2) is 0 Å². The van der Waals surface area contributed by atoms with E-state index in [2.05, 4.69) is 27.6 Å². The molecule has 3 rings (SSSR count). The van der Waals surface area contributed by atoms with E-state index in [1.807, 2.05) is 24.3 Å². The Morgan fingerprint density at radius 1 is 1.52 bits per heavy atom. The summed E-state index contributed by atoms with van der Waals surface area (Å²) in [6.45, 7) is 3.61. The molecule has 0 saturated carbocycles. The number of amides is 1. The first kappa shape index (κ1) is 13.8. The highest BCUT2D eigenvalue weighted by Gasteiger charge is 2.29. The van der Waals surface area contributed by atoms with Crippen molar-refractivity contribution in [1.82, 2.24) is 20.1 Å². The van der Waals surface area contributed by atoms with E-state index in [0.29, 0.717) is 6.54 Å². The molecule has 1 aromatic heterocycles. The molecule has 1 aromatic carbocycles. The highest BCUT2D eigenvalue weighted by atomic mass is 16.1. The number of nitrogens with zero attached hydrogens (tertiary/aromatic N) is 3. The molecule has 2 N–H and O–H groups in total. The Bertz CT molecular complexity index is 610. The van der Waals surface area contributed by atoms with Gasteiger partial charge >= 0.3 is 0 Å². The van der Waals surface area contributed by atoms with Crippen LogP contribution in [0.4, 0.5) is 5.69 Å². The van der Waals surface area contributed by atoms with Crippen molar-refractivity contribution in [2.75, 3.05) is 11.9 Å². The number of aromatic nitrogens is 3. The lowest BCUT2D eigenvalue weighted by Crippen LogP contribution is -2.32. The fraction of sp³-hybridized carbons (Fsp3) is 0.400. The third-order valence-electron chi connectivity index (χ3n) is 3.87. The number of carbonyl (C=O) groups is 1. The second-order valence-corrected chi connectivity index (χ2v) is 5.42. The van der Waals surface area contributed by atoms with E-state index >= 15 is 0 Å². The van der Waals surface area contributed by atoms with Gasteiger partial charge in [-0.25, -0.2) is 9.67 Å². The monoisotopic (exact) mass is 285 g/mol. The number of anilines is 1. The van der Waals surface area contributed by atoms with Gasteiger partial charge in [0.25, 0.3) is 0 Å². The Labute approximate surface area is 123 Å². The van der Waals surface area contributed by atoms with E-state index in [9.17, 15) is 4.79 Å². The third kappa shape index (κ3) is 3.28. The summed E-state index contributed by atoms with van der Waals surface area (Å²) < 4.78 is 1.75. The number of hydrogen-bond acceptors (Lipinski definition) is 4. The van der Waals surface area contributed by atoms with Crippen LogP contribution in [-0.4, -0.2) is 33.3 Å². The standard InChI is InChI=1S/C15H19N5O/c1-11-14(5-6-17-11)15(21)19-13-4-2-3-12(7-13)8-20-10-16-9-18-20/h2-4,7,9-11,14,17H,5-6,8H2,1H3,(H,19,21). The summed E-state index contributed by atoms with van der Waals surface area (Å²) in [6, 6.07) is 8.08. The quantitative estimate of drug-likeness (QED) is 0.887. The molecule has 6 heteroatoms. The molecule has 1 fully saturated rings. The van der Waals surface area contributed by atoms with E-state index in [-0.39, 0.29) is 17.9 Å². The summed E-state index contributed by atoms with van der Waals surface area (Å²) in [6.07, 6.45) is 4.09. The van der Waals surface area contributed by atoms with Crippen molar-refractivity contribution in [2.24, 2.45) is 5.92 Å². The van der Waals surface area contributed by atoms with Gasteiger partial charge in [-0.15, -0.1) is 0 Å². The average molecular weight is 285 g/mol. The maximum Gasteiger partial charge on any atom is 0.229 e. The van der Waals surface area contributed by atoms with Crippen molar-refractivity contribution in [1.29, 1.82) is 0 Å². The third-order valence-corrected chi connectivity index (χ3v) is 3.87. The molecular formula is C15H19N5O. The fourth-order valence-corrected chi connectivity index (χ4v) is 2.70. The van der Waals surface area contributed by atoms with E-state index in [1.54, 1.807) is 11.0 Å². The molecule has 1 amide bonds. The lowest BCUT2D eigenvalue weighted by Gasteiger charge is -2.15. The Kier molecular flexibility index (Phi) is 3.96. The van der Waals surface area contributed by atoms with Gasteiger partial charge in [-0.2, -0.15) is 5.10 Å². The number of rotatable bonds is 4. The fourth-order valence-electron chi connectivity index (χ4n) is 2.70. The normalized spacial score (nSPS) is 21.4. The van der Waals surface area contributed by atoms with Crippen LogP contribution in [0.15, 0.2) is 36.9 Å². The van der Waals surface area contributed by atoms with Gasteiger partial charge in [0.2, 0.25) is 5.91 Å². The van der Waals surface area contributed by atoms with Crippen molar-refractivity contribution in [3.63, 3.8) is 0 Å². The lowest BCUT2D eigenvalue weighted by atomic mass is 10.0. The van der Waals surface area contributed by atoms with Gasteiger partial charge in [-0.1, -0.05) is 12.1 Å². The average Bonchev–Trinajstić information content (AvgIpc) is 3.10. The van der Waals surface area contributed by atoms with Crippen molar-refractivity contribution >= 4 is 11.6 Å². The van der Waals surface area contributed by atoms with Crippen LogP contribution in [0.1, 0.15) is 18.9 Å². The number of carbonyl (C=O) groups excluding carboxylic acids is 1. The first-order valence-corrected chi connectivity index (χ1v) is 7.18. The largest absolute Gasteiger partial charge is 0.326 e. The zero-order chi connectivity index (χ0) is 14.7. The molecule has 1 aliphatic heterocycles. The molecule has 1 saturated heterocycles. The Morgan fingerprint density at radius 3 is 3.14 bits per heavy atom. The SMILES string of the molecule is CC1NCCC1C(=O)Nc1cccc(Cn2cncn2)c1. The topological polar surface area (TPSA) is 71.8 Å². The maximum absolute atomic E-state index is 12.3. The summed E-state index contributed by atoms with van der Waals surface area (Å²) in [7, 11) is 0. The Morgan fingerprint density at radius 2 is 2.43 bits per heavy atom. The van der Waals surface area contributed by atoms with Crippen LogP contribution in [0, 0.1) is 5.92 Å². The minimum absolute atomic E-state index is 0.0453. The molecule has 2 aromatic rings. The first-order chi connectivity index (χ1) is 10.2. The van der Waals surface area contributed by atoms with Crippen molar-refractivity contribution in [3.8, 4) is 0 Å². The molecule has 2 heterocycles. The molecule has 110 valence electrons. The molecular weight excluding hydrogens is 266 g/mol. The van der Waals surface area contributed by atoms with Crippen LogP contribution in [-0.2, 0) is 11.3 Å². The summed E-state index contributed by atoms with van der Waals surface area (Å²) in [4.78, 5) is 16.2. The van der Waals surface area contributed by atoms with Gasteiger partial charge in [-0.3, -0.25) is 4.79 Å². The van der Waals surface area contributed by atoms with Crippen molar-refractivity contribution in [3.05, 3.63) is 42.5 Å². The summed E-state index contributed by atoms with van der Waals surface area (Å²) >= 11 is 0. The lowest BCUT2D eigenvalue weighted by molar-refractivity contribution is -0.119. The molecule has 1 aliphatic rings. The van der Waals surface area contributed by atoms with Crippen molar-refractivity contribution in [2.45, 2.75) is 25.9 Å². The molecule has 0 spiro atoms. The molecule has 2 unspecified atom stereocenters. The highest BCUT2D eigenvalue weighted by molar-refractivity contribution is 5.93. The zero-order valence-electron chi connectivity index (χ0n) is 12.0. The van der Waals surface area contributed by atoms with Crippen LogP contribution >= 0.6 is 0 Å². The molecule has 6 nitrogen and oxygen atoms in total. The highest BCUT2D eigenvalue weighted by Crippen LogP contribution is 2.19. The van der Waals surface area contributed by atoms with Crippen LogP contribution in [0.2, 0.25) is 0 Å². The molecule has 0 bridgehead atoms. The predicted molar refractivity (Wildman–Crippen MR) is 79.8 cm³/mol. The Balaban J connectivity index is 1.67. The maximum atomic E-state index is 12.3. The number of benzene rings is 1. The summed E-state index contributed by atoms with van der Waals surface area (Å²) in [5.41, 5.74) is 1.91.